The molecule has 0 aromatic heterocycles. The Morgan fingerprint density at radius 1 is 0.867 bits per heavy atom. The summed E-state index contributed by atoms with van der Waals surface area (Å²) in [7, 11) is 0. The van der Waals surface area contributed by atoms with Crippen molar-refractivity contribution in [3.63, 3.8) is 0 Å². The van der Waals surface area contributed by atoms with Gasteiger partial charge in [-0.05, 0) is 12.8 Å². The third-order valence-electron chi connectivity index (χ3n) is 0.908. The Kier molecular flexibility index (Phi) is 45.6. The zero-order chi connectivity index (χ0) is 9.98. The van der Waals surface area contributed by atoms with Crippen LogP contribution in [0.25, 0.3) is 0 Å². The van der Waals surface area contributed by atoms with E-state index in [0.29, 0.717) is 12.8 Å². The van der Waals surface area contributed by atoms with Crippen LogP contribution in [0.4, 0.5) is 0 Å². The molecule has 0 fully saturated rings. The minimum atomic E-state index is -0.961. The topological polar surface area (TPSA) is 143 Å². The van der Waals surface area contributed by atoms with Gasteiger partial charge in [0.2, 0.25) is 0 Å². The first kappa shape index (κ1) is 29.3. The quantitative estimate of drug-likeness (QED) is 0.519. The molecule has 0 aromatic rings. The summed E-state index contributed by atoms with van der Waals surface area (Å²) in [6.07, 6.45) is 1.70. The van der Waals surface area contributed by atoms with Gasteiger partial charge in [0.1, 0.15) is 0 Å². The number of carboxylic acid groups (broad SMARTS) is 2. The van der Waals surface area contributed by atoms with Crippen LogP contribution in [0.3, 0.4) is 0 Å². The average Bonchev–Trinajstić information content (AvgIpc) is 1.87. The molecule has 15 heavy (non-hydrogen) atoms. The van der Waals surface area contributed by atoms with Crippen LogP contribution in [-0.2, 0) is 29.1 Å². The first-order valence-electron chi connectivity index (χ1n) is 3.94. The van der Waals surface area contributed by atoms with E-state index in [-0.39, 0.29) is 43.3 Å². The van der Waals surface area contributed by atoms with Gasteiger partial charge in [0.25, 0.3) is 0 Å². The molecule has 0 aromatic carbocycles. The molecule has 0 aliphatic carbocycles. The van der Waals surface area contributed by atoms with Crippen molar-refractivity contribution in [3.05, 3.63) is 0 Å². The van der Waals surface area contributed by atoms with E-state index >= 15 is 0 Å². The van der Waals surface area contributed by atoms with Gasteiger partial charge in [0.15, 0.2) is 0 Å². The number of hydrogen-bond acceptors (Lipinski definition) is 4. The van der Waals surface area contributed by atoms with Crippen molar-refractivity contribution in [1.82, 2.24) is 0 Å². The summed E-state index contributed by atoms with van der Waals surface area (Å²) in [5.41, 5.74) is 0. The van der Waals surface area contributed by atoms with Gasteiger partial charge < -0.3 is 30.8 Å². The molecule has 0 amide bonds. The maximum absolute atomic E-state index is 9.49. The number of rotatable bonds is 4. The third kappa shape index (κ3) is 59.1. The minimum absolute atomic E-state index is 0. The van der Waals surface area contributed by atoms with Crippen molar-refractivity contribution in [2.45, 2.75) is 39.5 Å². The summed E-state index contributed by atoms with van der Waals surface area (Å²) >= 11 is 0. The van der Waals surface area contributed by atoms with Gasteiger partial charge in [-0.1, -0.05) is 26.7 Å². The Balaban J connectivity index is -0.0000000370. The predicted molar refractivity (Wildman–Crippen MR) is 47.1 cm³/mol. The van der Waals surface area contributed by atoms with Crippen molar-refractivity contribution in [1.29, 1.82) is 0 Å². The van der Waals surface area contributed by atoms with E-state index < -0.39 is 11.9 Å². The van der Waals surface area contributed by atoms with Gasteiger partial charge in [-0.25, -0.2) is 0 Å². The monoisotopic (exact) mass is 274 g/mol. The van der Waals surface area contributed by atoms with Crippen LogP contribution in [0.15, 0.2) is 0 Å². The van der Waals surface area contributed by atoms with E-state index in [0.717, 1.165) is 0 Å². The Hall–Kier alpha value is -0.517. The maximum Gasteiger partial charge on any atom is 2.00 e. The minimum Gasteiger partial charge on any atom is -0.550 e. The molecule has 0 heterocycles. The fourth-order valence-corrected chi connectivity index (χ4v) is 0.408. The van der Waals surface area contributed by atoms with Gasteiger partial charge in [-0.2, -0.15) is 0 Å². The van der Waals surface area contributed by atoms with Gasteiger partial charge in [-0.15, -0.1) is 0 Å². The molecule has 0 saturated carbocycles. The van der Waals surface area contributed by atoms with Crippen LogP contribution in [0, 0.1) is 0 Å². The zero-order valence-corrected chi connectivity index (χ0v) is 12.1. The first-order chi connectivity index (χ1) is 5.54. The van der Waals surface area contributed by atoms with E-state index in [4.69, 9.17) is 0 Å². The number of hydrogen-bond donors (Lipinski definition) is 0. The Morgan fingerprint density at radius 3 is 1.07 bits per heavy atom. The second kappa shape index (κ2) is 23.4. The molecule has 0 rings (SSSR count). The van der Waals surface area contributed by atoms with E-state index in [2.05, 4.69) is 0 Å². The number of carbonyl (C=O) groups excluding carboxylic acids is 2. The summed E-state index contributed by atoms with van der Waals surface area (Å²) in [4.78, 5) is 19.0. The molecule has 0 aliphatic heterocycles. The van der Waals surface area contributed by atoms with E-state index in [1.54, 1.807) is 13.8 Å². The second-order valence-electron chi connectivity index (χ2n) is 2.24. The molecule has 0 unspecified atom stereocenters. The summed E-state index contributed by atoms with van der Waals surface area (Å²) in [6, 6.07) is 0. The molecule has 7 heteroatoms. The van der Waals surface area contributed by atoms with Crippen LogP contribution < -0.4 is 10.2 Å². The molecule has 88 valence electrons. The smallest absolute Gasteiger partial charge is 0.550 e. The summed E-state index contributed by atoms with van der Waals surface area (Å²) in [6.45, 7) is 3.60. The SMILES string of the molecule is CCCC(=O)[O-].CCCC(=O)[O-].O.O.[Zn+2]. The van der Waals surface area contributed by atoms with Crippen LogP contribution in [0.1, 0.15) is 39.5 Å². The van der Waals surface area contributed by atoms with Crippen molar-refractivity contribution >= 4 is 11.9 Å². The van der Waals surface area contributed by atoms with Crippen LogP contribution >= 0.6 is 0 Å². The third-order valence-corrected chi connectivity index (χ3v) is 0.908. The molecule has 0 aliphatic rings. The maximum atomic E-state index is 9.49. The zero-order valence-electron chi connectivity index (χ0n) is 9.17. The number of aliphatic carboxylic acids is 2. The molecular formula is C8H18O6Zn. The number of carbonyl (C=O) groups is 2. The predicted octanol–water partition coefficient (Wildman–Crippen LogP) is -2.58. The average molecular weight is 276 g/mol. The largest absolute Gasteiger partial charge is 2.00 e. The van der Waals surface area contributed by atoms with Crippen molar-refractivity contribution in [3.8, 4) is 0 Å². The van der Waals surface area contributed by atoms with E-state index in [1.165, 1.54) is 0 Å². The molecule has 0 spiro atoms. The normalized spacial score (nSPS) is 6.53. The van der Waals surface area contributed by atoms with Crippen molar-refractivity contribution in [2.75, 3.05) is 0 Å². The van der Waals surface area contributed by atoms with Gasteiger partial charge in [0.05, 0.1) is 0 Å². The van der Waals surface area contributed by atoms with Crippen LogP contribution in [0.2, 0.25) is 0 Å². The summed E-state index contributed by atoms with van der Waals surface area (Å²) < 4.78 is 0. The Bertz CT molecular complexity index is 123. The summed E-state index contributed by atoms with van der Waals surface area (Å²) in [5.74, 6) is -1.92. The molecule has 0 bridgehead atoms. The molecule has 0 radical (unpaired) electrons. The molecular weight excluding hydrogens is 257 g/mol. The van der Waals surface area contributed by atoms with Crippen molar-refractivity contribution < 1.29 is 50.2 Å². The van der Waals surface area contributed by atoms with Crippen LogP contribution in [0.5, 0.6) is 0 Å². The fraction of sp³-hybridized carbons (Fsp3) is 0.750. The Labute approximate surface area is 102 Å². The molecule has 4 N–H and O–H groups in total. The van der Waals surface area contributed by atoms with Crippen LogP contribution in [-0.4, -0.2) is 22.9 Å². The number of carboxylic acids is 2. The molecule has 0 atom stereocenters. The molecule has 6 nitrogen and oxygen atoms in total. The van der Waals surface area contributed by atoms with Gasteiger partial charge in [0, 0.05) is 11.9 Å². The van der Waals surface area contributed by atoms with E-state index in [1.807, 2.05) is 0 Å². The fourth-order valence-electron chi connectivity index (χ4n) is 0.408. The van der Waals surface area contributed by atoms with E-state index in [9.17, 15) is 19.8 Å². The summed E-state index contributed by atoms with van der Waals surface area (Å²) in [5, 5.41) is 19.0. The van der Waals surface area contributed by atoms with Gasteiger partial charge in [-0.3, -0.25) is 0 Å². The van der Waals surface area contributed by atoms with Crippen molar-refractivity contribution in [2.24, 2.45) is 0 Å². The van der Waals surface area contributed by atoms with Gasteiger partial charge >= 0.3 is 19.5 Å². The molecule has 0 saturated heterocycles. The standard InChI is InChI=1S/2C4H8O2.2H2O.Zn/c2*1-2-3-4(5)6;;;/h2*2-3H2,1H3,(H,5,6);2*1H2;/q;;;;+2/p-2. The second-order valence-corrected chi connectivity index (χ2v) is 2.24. The Morgan fingerprint density at radius 2 is 1.07 bits per heavy atom. The first-order valence-corrected chi connectivity index (χ1v) is 3.94.